The molecule has 0 saturated carbocycles. The van der Waals surface area contributed by atoms with E-state index in [-0.39, 0.29) is 5.41 Å². The number of aryl methyl sites for hydroxylation is 1. The van der Waals surface area contributed by atoms with Crippen LogP contribution in [-0.2, 0) is 14.7 Å². The third kappa shape index (κ3) is 7.16. The standard InChI is InChI=1S/C58H53BN2O2/c1-40-26-30-44(31-27-40)60(54-24-16-14-22-48(54)41-18-10-8-11-19-41)46-34-36-52-50(38-46)51-39-47(35-37-53(51)56(52,2)3)61(55-25-17-15-23-49(55)42-20-12-9-13-21-42)45-32-28-43(29-33-45)59-62-57(4,5)58(6,7)63-59/h8-39H,1-7H3. The minimum absolute atomic E-state index is 0.199. The van der Waals surface area contributed by atoms with Crippen molar-refractivity contribution in [2.45, 2.75) is 65.1 Å². The lowest BCUT2D eigenvalue weighted by molar-refractivity contribution is 0.00578. The van der Waals surface area contributed by atoms with E-state index < -0.39 is 18.3 Å². The largest absolute Gasteiger partial charge is 0.494 e. The van der Waals surface area contributed by atoms with Crippen LogP contribution in [0, 0.1) is 6.92 Å². The van der Waals surface area contributed by atoms with Gasteiger partial charge in [-0.3, -0.25) is 0 Å². The van der Waals surface area contributed by atoms with E-state index in [1.54, 1.807) is 0 Å². The Morgan fingerprint density at radius 3 is 1.21 bits per heavy atom. The van der Waals surface area contributed by atoms with Gasteiger partial charge in [-0.05, 0) is 134 Å². The molecule has 1 fully saturated rings. The van der Waals surface area contributed by atoms with E-state index in [1.165, 1.54) is 38.9 Å². The number of hydrogen-bond acceptors (Lipinski definition) is 4. The van der Waals surface area contributed by atoms with Crippen molar-refractivity contribution in [1.82, 2.24) is 0 Å². The van der Waals surface area contributed by atoms with E-state index in [0.717, 1.165) is 50.7 Å². The molecule has 1 heterocycles. The summed E-state index contributed by atoms with van der Waals surface area (Å²) in [4.78, 5) is 4.82. The molecule has 63 heavy (non-hydrogen) atoms. The molecule has 5 heteroatoms. The zero-order valence-electron chi connectivity index (χ0n) is 37.3. The fraction of sp³-hybridized carbons (Fsp3) is 0.172. The molecule has 310 valence electrons. The van der Waals surface area contributed by atoms with Gasteiger partial charge in [0.05, 0.1) is 22.6 Å². The third-order valence-electron chi connectivity index (χ3n) is 13.6. The van der Waals surface area contributed by atoms with Crippen LogP contribution in [0.3, 0.4) is 0 Å². The minimum Gasteiger partial charge on any atom is -0.399 e. The van der Waals surface area contributed by atoms with Crippen molar-refractivity contribution in [3.8, 4) is 33.4 Å². The van der Waals surface area contributed by atoms with Crippen LogP contribution in [0.2, 0.25) is 0 Å². The van der Waals surface area contributed by atoms with Crippen LogP contribution in [0.15, 0.2) is 194 Å². The molecule has 0 radical (unpaired) electrons. The molecule has 0 bridgehead atoms. The molecule has 0 N–H and O–H groups in total. The first-order valence-electron chi connectivity index (χ1n) is 22.1. The number of fused-ring (bicyclic) bond motifs is 3. The van der Waals surface area contributed by atoms with Gasteiger partial charge in [0, 0.05) is 39.3 Å². The fourth-order valence-corrected chi connectivity index (χ4v) is 9.39. The summed E-state index contributed by atoms with van der Waals surface area (Å²) < 4.78 is 13.0. The number of para-hydroxylation sites is 2. The molecule has 0 aromatic heterocycles. The number of hydrogen-bond donors (Lipinski definition) is 0. The van der Waals surface area contributed by atoms with Crippen LogP contribution in [0.5, 0.6) is 0 Å². The molecule has 1 saturated heterocycles. The van der Waals surface area contributed by atoms with Crippen LogP contribution in [0.1, 0.15) is 58.2 Å². The van der Waals surface area contributed by atoms with Crippen LogP contribution in [0.4, 0.5) is 34.1 Å². The van der Waals surface area contributed by atoms with Gasteiger partial charge in [-0.1, -0.05) is 153 Å². The lowest BCUT2D eigenvalue weighted by Crippen LogP contribution is -2.41. The van der Waals surface area contributed by atoms with Crippen molar-refractivity contribution in [1.29, 1.82) is 0 Å². The topological polar surface area (TPSA) is 24.9 Å². The van der Waals surface area contributed by atoms with Crippen LogP contribution in [-0.4, -0.2) is 18.3 Å². The molecule has 0 amide bonds. The summed E-state index contributed by atoms with van der Waals surface area (Å²) in [7, 11) is -0.443. The first kappa shape index (κ1) is 40.4. The predicted octanol–water partition coefficient (Wildman–Crippen LogP) is 14.9. The average Bonchev–Trinajstić information content (AvgIpc) is 3.67. The molecular formula is C58H53BN2O2. The third-order valence-corrected chi connectivity index (χ3v) is 13.6. The van der Waals surface area contributed by atoms with Gasteiger partial charge in [0.2, 0.25) is 0 Å². The Labute approximate surface area is 373 Å². The van der Waals surface area contributed by atoms with E-state index in [4.69, 9.17) is 9.31 Å². The molecule has 0 atom stereocenters. The molecule has 2 aliphatic rings. The van der Waals surface area contributed by atoms with Gasteiger partial charge < -0.3 is 19.1 Å². The molecule has 0 spiro atoms. The number of rotatable bonds is 9. The number of anilines is 6. The fourth-order valence-electron chi connectivity index (χ4n) is 9.39. The maximum atomic E-state index is 6.48. The zero-order chi connectivity index (χ0) is 43.5. The summed E-state index contributed by atoms with van der Waals surface area (Å²) in [6, 6.07) is 70.6. The molecule has 10 rings (SSSR count). The molecule has 8 aromatic carbocycles. The van der Waals surface area contributed by atoms with Gasteiger partial charge in [0.25, 0.3) is 0 Å². The molecule has 1 aliphatic carbocycles. The number of benzene rings is 8. The number of nitrogens with zero attached hydrogens (tertiary/aromatic N) is 2. The highest BCUT2D eigenvalue weighted by atomic mass is 16.7. The average molecular weight is 821 g/mol. The summed E-state index contributed by atoms with van der Waals surface area (Å²) >= 11 is 0. The summed E-state index contributed by atoms with van der Waals surface area (Å²) in [6.07, 6.45) is 0. The normalized spacial score (nSPS) is 15.4. The van der Waals surface area contributed by atoms with Crippen molar-refractivity contribution in [2.75, 3.05) is 9.80 Å². The Kier molecular flexibility index (Phi) is 10.0. The predicted molar refractivity (Wildman–Crippen MR) is 265 cm³/mol. The van der Waals surface area contributed by atoms with E-state index >= 15 is 0 Å². The lowest BCUT2D eigenvalue weighted by Gasteiger charge is -2.32. The van der Waals surface area contributed by atoms with Gasteiger partial charge in [-0.25, -0.2) is 0 Å². The first-order valence-corrected chi connectivity index (χ1v) is 22.1. The smallest absolute Gasteiger partial charge is 0.399 e. The second-order valence-corrected chi connectivity index (χ2v) is 18.5. The van der Waals surface area contributed by atoms with Crippen LogP contribution >= 0.6 is 0 Å². The highest BCUT2D eigenvalue weighted by molar-refractivity contribution is 6.62. The summed E-state index contributed by atoms with van der Waals surface area (Å²) in [5, 5.41) is 0. The van der Waals surface area contributed by atoms with Crippen molar-refractivity contribution in [3.05, 3.63) is 211 Å². The van der Waals surface area contributed by atoms with Crippen molar-refractivity contribution < 1.29 is 9.31 Å². The van der Waals surface area contributed by atoms with Gasteiger partial charge in [-0.15, -0.1) is 0 Å². The Morgan fingerprint density at radius 2 is 0.762 bits per heavy atom. The Bertz CT molecular complexity index is 2920. The molecule has 8 aromatic rings. The van der Waals surface area contributed by atoms with Gasteiger partial charge in [-0.2, -0.15) is 0 Å². The molecular weight excluding hydrogens is 767 g/mol. The quantitative estimate of drug-likeness (QED) is 0.135. The second-order valence-electron chi connectivity index (χ2n) is 18.5. The van der Waals surface area contributed by atoms with Gasteiger partial charge >= 0.3 is 7.12 Å². The van der Waals surface area contributed by atoms with E-state index in [1.807, 2.05) is 0 Å². The SMILES string of the molecule is Cc1ccc(N(c2ccc3c(c2)-c2cc(N(c4ccc(B5OC(C)(C)C(C)(C)O5)cc4)c4ccccc4-c4ccccc4)ccc2C3(C)C)c2ccccc2-c2ccccc2)cc1. The lowest BCUT2D eigenvalue weighted by atomic mass is 9.79. The van der Waals surface area contributed by atoms with Gasteiger partial charge in [0.15, 0.2) is 0 Å². The summed E-state index contributed by atoms with van der Waals surface area (Å²) in [6.45, 7) is 15.3. The van der Waals surface area contributed by atoms with Crippen molar-refractivity contribution >= 4 is 46.7 Å². The Balaban J connectivity index is 1.13. The molecule has 1 aliphatic heterocycles. The first-order chi connectivity index (χ1) is 30.4. The van der Waals surface area contributed by atoms with Gasteiger partial charge in [0.1, 0.15) is 0 Å². The van der Waals surface area contributed by atoms with E-state index in [9.17, 15) is 0 Å². The highest BCUT2D eigenvalue weighted by Crippen LogP contribution is 2.53. The van der Waals surface area contributed by atoms with Crippen molar-refractivity contribution in [3.63, 3.8) is 0 Å². The summed E-state index contributed by atoms with van der Waals surface area (Å²) in [5.74, 6) is 0. The minimum atomic E-state index is -0.443. The van der Waals surface area contributed by atoms with Crippen LogP contribution < -0.4 is 15.3 Å². The van der Waals surface area contributed by atoms with E-state index in [0.29, 0.717) is 0 Å². The summed E-state index contributed by atoms with van der Waals surface area (Å²) in [5.41, 5.74) is 17.6. The van der Waals surface area contributed by atoms with Crippen LogP contribution in [0.25, 0.3) is 33.4 Å². The second kappa shape index (κ2) is 15.6. The maximum Gasteiger partial charge on any atom is 0.494 e. The Morgan fingerprint density at radius 1 is 0.381 bits per heavy atom. The monoisotopic (exact) mass is 820 g/mol. The van der Waals surface area contributed by atoms with Crippen molar-refractivity contribution in [2.24, 2.45) is 0 Å². The Hall–Kier alpha value is -6.66. The molecule has 4 nitrogen and oxygen atoms in total. The zero-order valence-corrected chi connectivity index (χ0v) is 37.3. The maximum absolute atomic E-state index is 6.48. The molecule has 0 unspecified atom stereocenters. The highest BCUT2D eigenvalue weighted by Gasteiger charge is 2.51. The van der Waals surface area contributed by atoms with E-state index in [2.05, 4.69) is 252 Å².